The van der Waals surface area contributed by atoms with Crippen LogP contribution in [-0.2, 0) is 23.0 Å². The maximum Gasteiger partial charge on any atom is 0.408 e. The average molecular weight is 421 g/mol. The Morgan fingerprint density at radius 2 is 1.77 bits per heavy atom. The third-order valence-corrected chi connectivity index (χ3v) is 4.14. The van der Waals surface area contributed by atoms with E-state index in [1.807, 2.05) is 0 Å². The second-order valence-electron chi connectivity index (χ2n) is 7.91. The maximum absolute atomic E-state index is 13.6. The minimum Gasteiger partial charge on any atom is -0.444 e. The largest absolute Gasteiger partial charge is 0.444 e. The van der Waals surface area contributed by atoms with Gasteiger partial charge in [-0.1, -0.05) is 0 Å². The Bertz CT molecular complexity index is 978. The first-order valence-electron chi connectivity index (χ1n) is 9.24. The fourth-order valence-corrected chi connectivity index (χ4v) is 2.75. The van der Waals surface area contributed by atoms with Crippen LogP contribution in [0.5, 0.6) is 0 Å². The summed E-state index contributed by atoms with van der Waals surface area (Å²) in [6.07, 6.45) is 0.460. The summed E-state index contributed by atoms with van der Waals surface area (Å²) in [4.78, 5) is 38.2. The summed E-state index contributed by atoms with van der Waals surface area (Å²) in [7, 11) is 3.01. The standard InChI is InChI=1S/C21H25F2N3O4/c1-21(2,3)30-20(29)24-17(10-13-8-14(22)11-15(23)9-13)19(28)26(5)16-6-7-18(27)25(4)12-16/h6-9,11-12,17H,10H2,1-5H3,(H,24,29)/t17-/m0/s1. The van der Waals surface area contributed by atoms with E-state index in [2.05, 4.69) is 5.32 Å². The number of alkyl carbamates (subject to hydrolysis) is 1. The zero-order valence-corrected chi connectivity index (χ0v) is 17.5. The smallest absolute Gasteiger partial charge is 0.408 e. The highest BCUT2D eigenvalue weighted by Crippen LogP contribution is 2.16. The highest BCUT2D eigenvalue weighted by Gasteiger charge is 2.28. The molecular formula is C21H25F2N3O4. The number of aromatic nitrogens is 1. The van der Waals surface area contributed by atoms with Crippen LogP contribution in [0.2, 0.25) is 0 Å². The molecule has 1 aromatic heterocycles. The highest BCUT2D eigenvalue weighted by atomic mass is 19.1. The first-order valence-corrected chi connectivity index (χ1v) is 9.24. The molecular weight excluding hydrogens is 396 g/mol. The van der Waals surface area contributed by atoms with E-state index >= 15 is 0 Å². The summed E-state index contributed by atoms with van der Waals surface area (Å²) in [6.45, 7) is 5.01. The SMILES string of the molecule is CN(C(=O)[C@H](Cc1cc(F)cc(F)c1)NC(=O)OC(C)(C)C)c1ccc(=O)n(C)c1. The van der Waals surface area contributed by atoms with Gasteiger partial charge in [0, 0.05) is 38.8 Å². The van der Waals surface area contributed by atoms with Crippen LogP contribution in [0.25, 0.3) is 0 Å². The number of hydrogen-bond donors (Lipinski definition) is 1. The molecule has 1 atom stereocenters. The van der Waals surface area contributed by atoms with Crippen molar-refractivity contribution in [3.63, 3.8) is 0 Å². The van der Waals surface area contributed by atoms with Gasteiger partial charge in [-0.3, -0.25) is 9.59 Å². The van der Waals surface area contributed by atoms with Gasteiger partial charge in [0.25, 0.3) is 0 Å². The normalized spacial score (nSPS) is 12.2. The van der Waals surface area contributed by atoms with Crippen molar-refractivity contribution in [3.05, 3.63) is 64.1 Å². The summed E-state index contributed by atoms with van der Waals surface area (Å²) in [5.74, 6) is -2.14. The van der Waals surface area contributed by atoms with Crippen LogP contribution >= 0.6 is 0 Å². The molecule has 0 spiro atoms. The van der Waals surface area contributed by atoms with Crippen LogP contribution in [0, 0.1) is 11.6 Å². The molecule has 0 aliphatic rings. The maximum atomic E-state index is 13.6. The van der Waals surface area contributed by atoms with E-state index in [4.69, 9.17) is 4.74 Å². The third kappa shape index (κ3) is 6.40. The van der Waals surface area contributed by atoms with Crippen molar-refractivity contribution in [2.75, 3.05) is 11.9 Å². The topological polar surface area (TPSA) is 80.6 Å². The highest BCUT2D eigenvalue weighted by molar-refractivity contribution is 5.98. The summed E-state index contributed by atoms with van der Waals surface area (Å²) in [5, 5.41) is 2.47. The molecule has 0 fully saturated rings. The summed E-state index contributed by atoms with van der Waals surface area (Å²) < 4.78 is 33.7. The number of halogens is 2. The Morgan fingerprint density at radius 1 is 1.17 bits per heavy atom. The number of nitrogens with zero attached hydrogens (tertiary/aromatic N) is 2. The summed E-state index contributed by atoms with van der Waals surface area (Å²) >= 11 is 0. The number of anilines is 1. The van der Waals surface area contributed by atoms with Crippen molar-refractivity contribution >= 4 is 17.7 Å². The van der Waals surface area contributed by atoms with Gasteiger partial charge in [0.2, 0.25) is 11.5 Å². The van der Waals surface area contributed by atoms with E-state index in [0.717, 1.165) is 18.2 Å². The van der Waals surface area contributed by atoms with Gasteiger partial charge in [-0.15, -0.1) is 0 Å². The van der Waals surface area contributed by atoms with Crippen LogP contribution in [0.15, 0.2) is 41.3 Å². The van der Waals surface area contributed by atoms with E-state index in [1.165, 1.54) is 41.9 Å². The number of carbonyl (C=O) groups excluding carboxylic acids is 2. The number of nitrogens with one attached hydrogen (secondary N) is 1. The lowest BCUT2D eigenvalue weighted by Gasteiger charge is -2.27. The van der Waals surface area contributed by atoms with Crippen molar-refractivity contribution in [1.29, 1.82) is 0 Å². The molecule has 0 bridgehead atoms. The Morgan fingerprint density at radius 3 is 2.30 bits per heavy atom. The minimum absolute atomic E-state index is 0.164. The molecule has 0 unspecified atom stereocenters. The second-order valence-corrected chi connectivity index (χ2v) is 7.91. The van der Waals surface area contributed by atoms with E-state index in [0.29, 0.717) is 5.69 Å². The Kier molecular flexibility index (Phi) is 6.96. The number of ether oxygens (including phenoxy) is 1. The third-order valence-electron chi connectivity index (χ3n) is 4.14. The Hall–Kier alpha value is -3.23. The molecule has 30 heavy (non-hydrogen) atoms. The predicted molar refractivity (Wildman–Crippen MR) is 108 cm³/mol. The second kappa shape index (κ2) is 9.06. The fourth-order valence-electron chi connectivity index (χ4n) is 2.75. The number of hydrogen-bond acceptors (Lipinski definition) is 4. The van der Waals surface area contributed by atoms with Crippen molar-refractivity contribution in [3.8, 4) is 0 Å². The number of likely N-dealkylation sites (N-methyl/N-ethyl adjacent to an activating group) is 1. The van der Waals surface area contributed by atoms with Crippen LogP contribution in [-0.4, -0.2) is 35.3 Å². The van der Waals surface area contributed by atoms with Crippen molar-refractivity contribution in [2.24, 2.45) is 7.05 Å². The molecule has 9 heteroatoms. The molecule has 2 rings (SSSR count). The molecule has 1 heterocycles. The van der Waals surface area contributed by atoms with E-state index in [1.54, 1.807) is 20.8 Å². The van der Waals surface area contributed by atoms with E-state index in [-0.39, 0.29) is 17.5 Å². The lowest BCUT2D eigenvalue weighted by molar-refractivity contribution is -0.120. The van der Waals surface area contributed by atoms with Gasteiger partial charge in [-0.2, -0.15) is 0 Å². The van der Waals surface area contributed by atoms with Crippen LogP contribution < -0.4 is 15.8 Å². The Labute approximate surface area is 173 Å². The predicted octanol–water partition coefficient (Wildman–Crippen LogP) is 2.76. The monoisotopic (exact) mass is 421 g/mol. The minimum atomic E-state index is -1.16. The molecule has 7 nitrogen and oxygen atoms in total. The molecule has 162 valence electrons. The number of amides is 2. The lowest BCUT2D eigenvalue weighted by Crippen LogP contribution is -2.50. The summed E-state index contributed by atoms with van der Waals surface area (Å²) in [5.41, 5.74) is -0.454. The van der Waals surface area contributed by atoms with Gasteiger partial charge in [0.1, 0.15) is 23.3 Å². The van der Waals surface area contributed by atoms with Crippen LogP contribution in [0.4, 0.5) is 19.3 Å². The Balaban J connectivity index is 2.32. The first kappa shape index (κ1) is 23.1. The van der Waals surface area contributed by atoms with Gasteiger partial charge >= 0.3 is 6.09 Å². The van der Waals surface area contributed by atoms with Gasteiger partial charge < -0.3 is 19.5 Å². The number of aryl methyl sites for hydroxylation is 1. The van der Waals surface area contributed by atoms with Crippen molar-refractivity contribution in [2.45, 2.75) is 38.8 Å². The average Bonchev–Trinajstić information content (AvgIpc) is 2.59. The van der Waals surface area contributed by atoms with Crippen LogP contribution in [0.1, 0.15) is 26.3 Å². The lowest BCUT2D eigenvalue weighted by atomic mass is 10.0. The van der Waals surface area contributed by atoms with Crippen LogP contribution in [0.3, 0.4) is 0 Å². The van der Waals surface area contributed by atoms with Gasteiger partial charge in [0.15, 0.2) is 0 Å². The molecule has 0 aliphatic heterocycles. The molecule has 1 aromatic carbocycles. The van der Waals surface area contributed by atoms with Gasteiger partial charge in [-0.25, -0.2) is 13.6 Å². The van der Waals surface area contributed by atoms with Gasteiger partial charge in [0.05, 0.1) is 5.69 Å². The van der Waals surface area contributed by atoms with E-state index < -0.39 is 35.3 Å². The number of pyridine rings is 1. The first-order chi connectivity index (χ1) is 13.9. The van der Waals surface area contributed by atoms with E-state index in [9.17, 15) is 23.2 Å². The van der Waals surface area contributed by atoms with Gasteiger partial charge in [-0.05, 0) is 44.5 Å². The zero-order chi connectivity index (χ0) is 22.6. The quantitative estimate of drug-likeness (QED) is 0.805. The number of rotatable bonds is 5. The molecule has 0 radical (unpaired) electrons. The molecule has 0 aliphatic carbocycles. The zero-order valence-electron chi connectivity index (χ0n) is 17.5. The molecule has 2 amide bonds. The van der Waals surface area contributed by atoms with Crippen molar-refractivity contribution < 1.29 is 23.1 Å². The van der Waals surface area contributed by atoms with Crippen molar-refractivity contribution in [1.82, 2.24) is 9.88 Å². The number of carbonyl (C=O) groups is 2. The number of benzene rings is 1. The molecule has 0 saturated carbocycles. The molecule has 2 aromatic rings. The summed E-state index contributed by atoms with van der Waals surface area (Å²) in [6, 6.07) is 4.50. The fraction of sp³-hybridized carbons (Fsp3) is 0.381. The molecule has 1 N–H and O–H groups in total. The molecule has 0 saturated heterocycles.